The Kier molecular flexibility index (Phi) is 5.09. The Morgan fingerprint density at radius 1 is 1.39 bits per heavy atom. The van der Waals surface area contributed by atoms with Crippen LogP contribution in [0.4, 0.5) is 5.69 Å². The van der Waals surface area contributed by atoms with Crippen LogP contribution in [0.3, 0.4) is 0 Å². The number of hydrogen-bond donors (Lipinski definition) is 1. The Labute approximate surface area is 107 Å². The largest absolute Gasteiger partial charge is 0.493 e. The number of ether oxygens (including phenoxy) is 1. The second-order valence-electron chi connectivity index (χ2n) is 4.69. The van der Waals surface area contributed by atoms with E-state index >= 15 is 0 Å². The van der Waals surface area contributed by atoms with Crippen LogP contribution in [0.5, 0.6) is 5.75 Å². The molecule has 5 nitrogen and oxygen atoms in total. The van der Waals surface area contributed by atoms with Gasteiger partial charge < -0.3 is 9.84 Å². The first-order valence-corrected chi connectivity index (χ1v) is 6.01. The smallest absolute Gasteiger partial charge is 0.270 e. The number of rotatable bonds is 6. The molecule has 1 atom stereocenters. The highest BCUT2D eigenvalue weighted by molar-refractivity contribution is 5.44. The quantitative estimate of drug-likeness (QED) is 0.624. The van der Waals surface area contributed by atoms with Crippen molar-refractivity contribution in [3.05, 3.63) is 33.9 Å². The van der Waals surface area contributed by atoms with E-state index in [2.05, 4.69) is 13.8 Å². The van der Waals surface area contributed by atoms with Crippen LogP contribution in [-0.4, -0.2) is 16.6 Å². The molecule has 0 radical (unpaired) electrons. The third-order valence-corrected chi connectivity index (χ3v) is 2.61. The molecular formula is C13H19NO4. The normalized spacial score (nSPS) is 12.5. The lowest BCUT2D eigenvalue weighted by atomic mass is 10.1. The maximum absolute atomic E-state index is 10.7. The Bertz CT molecular complexity index is 415. The lowest BCUT2D eigenvalue weighted by molar-refractivity contribution is -0.385. The Morgan fingerprint density at radius 2 is 2.06 bits per heavy atom. The molecule has 0 aliphatic heterocycles. The monoisotopic (exact) mass is 253 g/mol. The summed E-state index contributed by atoms with van der Waals surface area (Å²) >= 11 is 0. The molecule has 0 bridgehead atoms. The summed E-state index contributed by atoms with van der Waals surface area (Å²) in [5, 5.41) is 20.3. The van der Waals surface area contributed by atoms with E-state index in [1.54, 1.807) is 13.0 Å². The maximum atomic E-state index is 10.7. The maximum Gasteiger partial charge on any atom is 0.270 e. The van der Waals surface area contributed by atoms with E-state index in [1.807, 2.05) is 0 Å². The molecule has 0 unspecified atom stereocenters. The van der Waals surface area contributed by atoms with Crippen LogP contribution in [0.1, 0.15) is 38.9 Å². The van der Waals surface area contributed by atoms with Gasteiger partial charge in [0.1, 0.15) is 5.75 Å². The van der Waals surface area contributed by atoms with Crippen molar-refractivity contribution in [3.8, 4) is 5.75 Å². The van der Waals surface area contributed by atoms with Crippen LogP contribution in [0.2, 0.25) is 0 Å². The fourth-order valence-electron chi connectivity index (χ4n) is 1.51. The molecule has 100 valence electrons. The first-order valence-electron chi connectivity index (χ1n) is 6.01. The van der Waals surface area contributed by atoms with Gasteiger partial charge in [0.25, 0.3) is 5.69 Å². The molecule has 5 heteroatoms. The number of hydrogen-bond acceptors (Lipinski definition) is 4. The minimum Gasteiger partial charge on any atom is -0.493 e. The molecule has 0 aliphatic rings. The van der Waals surface area contributed by atoms with Crippen molar-refractivity contribution in [1.82, 2.24) is 0 Å². The molecule has 1 aromatic rings. The van der Waals surface area contributed by atoms with Gasteiger partial charge in [-0.3, -0.25) is 10.1 Å². The molecule has 0 fully saturated rings. The van der Waals surface area contributed by atoms with Crippen molar-refractivity contribution in [1.29, 1.82) is 0 Å². The van der Waals surface area contributed by atoms with E-state index < -0.39 is 11.0 Å². The Balaban J connectivity index is 2.86. The number of benzene rings is 1. The van der Waals surface area contributed by atoms with Crippen LogP contribution >= 0.6 is 0 Å². The average Bonchev–Trinajstić information content (AvgIpc) is 2.28. The zero-order valence-corrected chi connectivity index (χ0v) is 10.9. The zero-order valence-electron chi connectivity index (χ0n) is 10.9. The third-order valence-electron chi connectivity index (χ3n) is 2.61. The van der Waals surface area contributed by atoms with Gasteiger partial charge in [0.15, 0.2) is 0 Å². The summed E-state index contributed by atoms with van der Waals surface area (Å²) in [6.45, 7) is 6.28. The topological polar surface area (TPSA) is 72.6 Å². The van der Waals surface area contributed by atoms with Gasteiger partial charge in [-0.25, -0.2) is 0 Å². The fourth-order valence-corrected chi connectivity index (χ4v) is 1.51. The number of aliphatic hydroxyl groups is 1. The number of nitrogens with zero attached hydrogens (tertiary/aromatic N) is 1. The van der Waals surface area contributed by atoms with Crippen molar-refractivity contribution in [3.63, 3.8) is 0 Å². The number of non-ortho nitro benzene ring substituents is 1. The summed E-state index contributed by atoms with van der Waals surface area (Å²) in [6, 6.07) is 4.28. The van der Waals surface area contributed by atoms with Gasteiger partial charge in [0.2, 0.25) is 0 Å². The van der Waals surface area contributed by atoms with Crippen LogP contribution in [0.15, 0.2) is 18.2 Å². The Hall–Kier alpha value is -1.62. The summed E-state index contributed by atoms with van der Waals surface area (Å²) in [6.07, 6.45) is 0.106. The van der Waals surface area contributed by atoms with Crippen LogP contribution in [-0.2, 0) is 0 Å². The Morgan fingerprint density at radius 3 is 2.56 bits per heavy atom. The molecule has 1 N–H and O–H groups in total. The van der Waals surface area contributed by atoms with Gasteiger partial charge in [0.05, 0.1) is 17.6 Å². The van der Waals surface area contributed by atoms with E-state index in [9.17, 15) is 15.2 Å². The second-order valence-corrected chi connectivity index (χ2v) is 4.69. The van der Waals surface area contributed by atoms with Crippen molar-refractivity contribution in [2.24, 2.45) is 5.92 Å². The number of nitro benzene ring substituents is 1. The van der Waals surface area contributed by atoms with E-state index in [0.717, 1.165) is 6.42 Å². The summed E-state index contributed by atoms with van der Waals surface area (Å²) in [5.74, 6) is 1.04. The standard InChI is InChI=1S/C13H19NO4/c1-9(2)6-7-18-13-5-4-11(14(16)17)8-12(13)10(3)15/h4-5,8-10,15H,6-7H2,1-3H3/t10-/m1/s1. The summed E-state index contributed by atoms with van der Waals surface area (Å²) in [7, 11) is 0. The highest BCUT2D eigenvalue weighted by Gasteiger charge is 2.15. The SMILES string of the molecule is CC(C)CCOc1ccc([N+](=O)[O-])cc1[C@@H](C)O. The average molecular weight is 253 g/mol. The van der Waals surface area contributed by atoms with E-state index in [4.69, 9.17) is 4.74 Å². The number of aliphatic hydroxyl groups excluding tert-OH is 1. The summed E-state index contributed by atoms with van der Waals surface area (Å²) in [4.78, 5) is 10.2. The molecule has 0 heterocycles. The molecule has 0 aromatic heterocycles. The minimum atomic E-state index is -0.793. The van der Waals surface area contributed by atoms with E-state index in [0.29, 0.717) is 23.8 Å². The predicted molar refractivity (Wildman–Crippen MR) is 68.7 cm³/mol. The highest BCUT2D eigenvalue weighted by atomic mass is 16.6. The van der Waals surface area contributed by atoms with E-state index in [1.165, 1.54) is 12.1 Å². The van der Waals surface area contributed by atoms with Crippen LogP contribution in [0, 0.1) is 16.0 Å². The molecule has 0 aliphatic carbocycles. The number of nitro groups is 1. The van der Waals surface area contributed by atoms with Crippen molar-refractivity contribution in [2.75, 3.05) is 6.61 Å². The van der Waals surface area contributed by atoms with Gasteiger partial charge in [0, 0.05) is 17.7 Å². The molecule has 18 heavy (non-hydrogen) atoms. The molecule has 0 saturated carbocycles. The van der Waals surface area contributed by atoms with Gasteiger partial charge in [-0.2, -0.15) is 0 Å². The zero-order chi connectivity index (χ0) is 13.7. The third kappa shape index (κ3) is 4.00. The van der Waals surface area contributed by atoms with Crippen molar-refractivity contribution >= 4 is 5.69 Å². The van der Waals surface area contributed by atoms with Gasteiger partial charge >= 0.3 is 0 Å². The lowest BCUT2D eigenvalue weighted by Crippen LogP contribution is -2.05. The molecule has 0 amide bonds. The lowest BCUT2D eigenvalue weighted by Gasteiger charge is -2.14. The molecule has 1 rings (SSSR count). The summed E-state index contributed by atoms with van der Waals surface area (Å²) in [5.41, 5.74) is 0.412. The van der Waals surface area contributed by atoms with E-state index in [-0.39, 0.29) is 5.69 Å². The van der Waals surface area contributed by atoms with Gasteiger partial charge in [-0.1, -0.05) is 13.8 Å². The van der Waals surface area contributed by atoms with Crippen molar-refractivity contribution < 1.29 is 14.8 Å². The summed E-state index contributed by atoms with van der Waals surface area (Å²) < 4.78 is 5.56. The first kappa shape index (κ1) is 14.4. The molecular weight excluding hydrogens is 234 g/mol. The van der Waals surface area contributed by atoms with Crippen molar-refractivity contribution in [2.45, 2.75) is 33.3 Å². The van der Waals surface area contributed by atoms with Crippen LogP contribution in [0.25, 0.3) is 0 Å². The molecule has 0 saturated heterocycles. The minimum absolute atomic E-state index is 0.0397. The fraction of sp³-hybridized carbons (Fsp3) is 0.538. The van der Waals surface area contributed by atoms with Gasteiger partial charge in [-0.15, -0.1) is 0 Å². The molecule has 1 aromatic carbocycles. The highest BCUT2D eigenvalue weighted by Crippen LogP contribution is 2.29. The van der Waals surface area contributed by atoms with Crippen LogP contribution < -0.4 is 4.74 Å². The van der Waals surface area contributed by atoms with Gasteiger partial charge in [-0.05, 0) is 25.3 Å². The predicted octanol–water partition coefficient (Wildman–Crippen LogP) is 3.07. The second kappa shape index (κ2) is 6.35. The molecule has 0 spiro atoms. The first-order chi connectivity index (χ1) is 8.41.